The maximum Gasteiger partial charge on any atom is 0.416 e. The number of hydrogen-bond acceptors (Lipinski definition) is 4. The van der Waals surface area contributed by atoms with Crippen molar-refractivity contribution in [2.75, 3.05) is 6.26 Å². The predicted octanol–water partition coefficient (Wildman–Crippen LogP) is 6.45. The van der Waals surface area contributed by atoms with Gasteiger partial charge < -0.3 is 9.67 Å². The van der Waals surface area contributed by atoms with Crippen LogP contribution in [-0.2, 0) is 29.0 Å². The number of nitrogens with zero attached hydrogens (tertiary/aromatic N) is 2. The fourth-order valence-electron chi connectivity index (χ4n) is 4.32. The summed E-state index contributed by atoms with van der Waals surface area (Å²) in [6.45, 7) is 2.87. The summed E-state index contributed by atoms with van der Waals surface area (Å²) < 4.78 is 96.6. The van der Waals surface area contributed by atoms with Crippen molar-refractivity contribution in [3.63, 3.8) is 0 Å². The first-order valence-electron chi connectivity index (χ1n) is 11.9. The van der Waals surface area contributed by atoms with Crippen LogP contribution in [-0.4, -0.2) is 29.3 Å². The largest absolute Gasteiger partial charge is 0.416 e. The van der Waals surface area contributed by atoms with E-state index < -0.39 is 44.7 Å². The van der Waals surface area contributed by atoms with Gasteiger partial charge in [0, 0.05) is 24.4 Å². The van der Waals surface area contributed by atoms with E-state index >= 15 is 4.39 Å². The number of aliphatic hydroxyl groups is 1. The van der Waals surface area contributed by atoms with E-state index in [1.165, 1.54) is 34.9 Å². The Balaban J connectivity index is 1.81. The van der Waals surface area contributed by atoms with E-state index in [1.54, 1.807) is 6.20 Å². The van der Waals surface area contributed by atoms with E-state index in [4.69, 9.17) is 0 Å². The number of aromatic nitrogens is 2. The highest BCUT2D eigenvalue weighted by molar-refractivity contribution is 7.90. The lowest BCUT2D eigenvalue weighted by molar-refractivity contribution is -0.138. The van der Waals surface area contributed by atoms with Crippen molar-refractivity contribution in [2.45, 2.75) is 43.9 Å². The Kier molecular flexibility index (Phi) is 7.68. The molecular formula is C28H25F5N2O3S. The molecule has 0 atom stereocenters. The Labute approximate surface area is 222 Å². The average Bonchev–Trinajstić information content (AvgIpc) is 3.26. The zero-order chi connectivity index (χ0) is 28.7. The molecule has 0 radical (unpaired) electrons. The van der Waals surface area contributed by atoms with Crippen molar-refractivity contribution < 1.29 is 35.5 Å². The Morgan fingerprint density at radius 3 is 2.23 bits per heavy atom. The van der Waals surface area contributed by atoms with E-state index in [9.17, 15) is 31.1 Å². The molecule has 4 rings (SSSR count). The monoisotopic (exact) mass is 564 g/mol. The van der Waals surface area contributed by atoms with Crippen LogP contribution in [0, 0.1) is 11.6 Å². The summed E-state index contributed by atoms with van der Waals surface area (Å²) in [5.74, 6) is -1.63. The highest BCUT2D eigenvalue weighted by atomic mass is 32.2. The minimum Gasteiger partial charge on any atom is -0.392 e. The molecule has 1 aromatic heterocycles. The van der Waals surface area contributed by atoms with Gasteiger partial charge >= 0.3 is 6.18 Å². The fourth-order valence-corrected chi connectivity index (χ4v) is 5.27. The lowest BCUT2D eigenvalue weighted by atomic mass is 10.0. The number of rotatable bonds is 7. The van der Waals surface area contributed by atoms with Gasteiger partial charge in [-0.15, -0.1) is 0 Å². The quantitative estimate of drug-likeness (QED) is 0.262. The molecule has 0 amide bonds. The molecule has 0 bridgehead atoms. The molecule has 0 aliphatic carbocycles. The minimum absolute atomic E-state index is 0.00780. The molecular weight excluding hydrogens is 539 g/mol. The van der Waals surface area contributed by atoms with Crippen LogP contribution in [0.2, 0.25) is 0 Å². The molecule has 0 fully saturated rings. The first-order chi connectivity index (χ1) is 18.2. The SMILES string of the molecule is CC(C)c1cn(-c2ccc(-c3cc(F)c(CO)c(S(C)(=O)=O)c3)cc2F)c(Cc2ccccc2C(F)(F)F)n1. The van der Waals surface area contributed by atoms with Crippen LogP contribution < -0.4 is 0 Å². The van der Waals surface area contributed by atoms with E-state index in [2.05, 4.69) is 4.98 Å². The van der Waals surface area contributed by atoms with Gasteiger partial charge in [0.2, 0.25) is 0 Å². The molecule has 0 saturated carbocycles. The van der Waals surface area contributed by atoms with E-state index in [0.29, 0.717) is 5.69 Å². The van der Waals surface area contributed by atoms with Crippen molar-refractivity contribution in [2.24, 2.45) is 0 Å². The summed E-state index contributed by atoms with van der Waals surface area (Å²) in [7, 11) is -3.90. The number of aliphatic hydroxyl groups excluding tert-OH is 1. The second-order valence-electron chi connectivity index (χ2n) is 9.47. The Bertz CT molecular complexity index is 1640. The van der Waals surface area contributed by atoms with Crippen LogP contribution in [0.5, 0.6) is 0 Å². The Hall–Kier alpha value is -3.57. The van der Waals surface area contributed by atoms with Crippen LogP contribution >= 0.6 is 0 Å². The molecule has 0 aliphatic heterocycles. The van der Waals surface area contributed by atoms with Gasteiger partial charge in [-0.1, -0.05) is 38.1 Å². The van der Waals surface area contributed by atoms with Gasteiger partial charge in [-0.05, 0) is 52.9 Å². The van der Waals surface area contributed by atoms with Crippen LogP contribution in [0.4, 0.5) is 22.0 Å². The molecule has 1 N–H and O–H groups in total. The summed E-state index contributed by atoms with van der Waals surface area (Å²) in [6, 6.07) is 11.2. The van der Waals surface area contributed by atoms with Gasteiger partial charge in [-0.25, -0.2) is 22.2 Å². The highest BCUT2D eigenvalue weighted by Gasteiger charge is 2.33. The van der Waals surface area contributed by atoms with E-state index in [1.807, 2.05) is 13.8 Å². The topological polar surface area (TPSA) is 72.2 Å². The Morgan fingerprint density at radius 2 is 1.64 bits per heavy atom. The molecule has 0 spiro atoms. The lowest BCUT2D eigenvalue weighted by Crippen LogP contribution is -2.11. The molecule has 1 heterocycles. The molecule has 0 aliphatic rings. The smallest absolute Gasteiger partial charge is 0.392 e. The number of halogens is 5. The molecule has 3 aromatic carbocycles. The lowest BCUT2D eigenvalue weighted by Gasteiger charge is -2.15. The number of benzene rings is 3. The van der Waals surface area contributed by atoms with Gasteiger partial charge in [0.05, 0.1) is 28.4 Å². The van der Waals surface area contributed by atoms with Gasteiger partial charge in [0.1, 0.15) is 17.5 Å². The normalized spacial score (nSPS) is 12.4. The zero-order valence-corrected chi connectivity index (χ0v) is 22.0. The number of sulfone groups is 1. The van der Waals surface area contributed by atoms with Crippen molar-refractivity contribution in [1.29, 1.82) is 0 Å². The molecule has 11 heteroatoms. The van der Waals surface area contributed by atoms with Crippen LogP contribution in [0.1, 0.15) is 48.0 Å². The van der Waals surface area contributed by atoms with Gasteiger partial charge in [0.15, 0.2) is 9.84 Å². The minimum atomic E-state index is -4.58. The second kappa shape index (κ2) is 10.5. The van der Waals surface area contributed by atoms with Gasteiger partial charge in [-0.3, -0.25) is 0 Å². The number of alkyl halides is 3. The third-order valence-corrected chi connectivity index (χ3v) is 7.48. The average molecular weight is 565 g/mol. The van der Waals surface area contributed by atoms with E-state index in [-0.39, 0.29) is 46.1 Å². The van der Waals surface area contributed by atoms with Gasteiger partial charge in [-0.2, -0.15) is 13.2 Å². The summed E-state index contributed by atoms with van der Waals surface area (Å²) in [6.07, 6.45) is -2.35. The van der Waals surface area contributed by atoms with Crippen LogP contribution in [0.3, 0.4) is 0 Å². The van der Waals surface area contributed by atoms with Gasteiger partial charge in [0.25, 0.3) is 0 Å². The molecule has 39 heavy (non-hydrogen) atoms. The summed E-state index contributed by atoms with van der Waals surface area (Å²) >= 11 is 0. The van der Waals surface area contributed by atoms with Crippen molar-refractivity contribution in [3.05, 3.63) is 101 Å². The number of imidazole rings is 1. The van der Waals surface area contributed by atoms with E-state index in [0.717, 1.165) is 30.5 Å². The first kappa shape index (κ1) is 28.4. The number of hydrogen-bond donors (Lipinski definition) is 1. The van der Waals surface area contributed by atoms with Crippen molar-refractivity contribution in [1.82, 2.24) is 9.55 Å². The molecule has 5 nitrogen and oxygen atoms in total. The molecule has 4 aromatic rings. The summed E-state index contributed by atoms with van der Waals surface area (Å²) in [4.78, 5) is 4.07. The Morgan fingerprint density at radius 1 is 0.974 bits per heavy atom. The van der Waals surface area contributed by atoms with Crippen LogP contribution in [0.25, 0.3) is 16.8 Å². The molecule has 0 unspecified atom stereocenters. The molecule has 0 saturated heterocycles. The molecule has 206 valence electrons. The van der Waals surface area contributed by atoms with Crippen molar-refractivity contribution >= 4 is 9.84 Å². The maximum atomic E-state index is 15.5. The first-order valence-corrected chi connectivity index (χ1v) is 13.8. The standard InChI is InChI=1S/C28H25F5N2O3S/c1-16(2)24-14-35(27(34-24)13-18-6-4-5-7-21(18)28(31,32)33)25-9-8-17(10-23(25)30)19-11-22(29)20(15-36)26(12-19)39(3,37)38/h4-12,14,16,36H,13,15H2,1-3H3. The predicted molar refractivity (Wildman–Crippen MR) is 136 cm³/mol. The summed E-state index contributed by atoms with van der Waals surface area (Å²) in [5.41, 5.74) is -0.415. The zero-order valence-electron chi connectivity index (χ0n) is 21.2. The fraction of sp³-hybridized carbons (Fsp3) is 0.250. The third-order valence-electron chi connectivity index (χ3n) is 6.31. The van der Waals surface area contributed by atoms with Crippen molar-refractivity contribution in [3.8, 4) is 16.8 Å². The second-order valence-corrected chi connectivity index (χ2v) is 11.5. The maximum absolute atomic E-state index is 15.5. The van der Waals surface area contributed by atoms with Crippen LogP contribution in [0.15, 0.2) is 65.7 Å². The summed E-state index contributed by atoms with van der Waals surface area (Å²) in [5, 5.41) is 9.43. The highest BCUT2D eigenvalue weighted by Crippen LogP contribution is 2.34. The third kappa shape index (κ3) is 5.89.